The number of benzene rings is 1. The van der Waals surface area contributed by atoms with E-state index in [-0.39, 0.29) is 0 Å². The Bertz CT molecular complexity index is 696. The Balaban J connectivity index is 1.67. The third-order valence-corrected chi connectivity index (χ3v) is 4.33. The molecule has 1 aromatic carbocycles. The molecule has 5 nitrogen and oxygen atoms in total. The molecule has 0 fully saturated rings. The molecule has 0 bridgehead atoms. The third kappa shape index (κ3) is 2.95. The summed E-state index contributed by atoms with van der Waals surface area (Å²) in [5, 5.41) is 4.85. The van der Waals surface area contributed by atoms with Crippen LogP contribution in [0.5, 0.6) is 0 Å². The van der Waals surface area contributed by atoms with E-state index in [2.05, 4.69) is 16.4 Å². The summed E-state index contributed by atoms with van der Waals surface area (Å²) in [6.07, 6.45) is 0.783. The average molecular weight is 301 g/mol. The zero-order valence-corrected chi connectivity index (χ0v) is 12.4. The molecule has 0 radical (unpaired) electrons. The molecule has 2 amide bonds. The lowest BCUT2D eigenvalue weighted by Gasteiger charge is -2.28. The molecule has 0 atom stereocenters. The van der Waals surface area contributed by atoms with E-state index in [0.29, 0.717) is 18.2 Å². The number of aryl methyl sites for hydroxylation is 1. The van der Waals surface area contributed by atoms with Gasteiger partial charge < -0.3 is 4.90 Å². The second kappa shape index (κ2) is 5.65. The van der Waals surface area contributed by atoms with Gasteiger partial charge in [-0.25, -0.2) is 4.98 Å². The molecule has 1 aliphatic rings. The number of nitrogens with zero attached hydrogens (tertiary/aromatic N) is 2. The van der Waals surface area contributed by atoms with E-state index in [9.17, 15) is 9.59 Å². The Kier molecular flexibility index (Phi) is 3.70. The lowest BCUT2D eigenvalue weighted by Crippen LogP contribution is -2.42. The van der Waals surface area contributed by atoms with Gasteiger partial charge in [0.25, 0.3) is 0 Å². The van der Waals surface area contributed by atoms with E-state index in [1.807, 2.05) is 30.5 Å². The summed E-state index contributed by atoms with van der Waals surface area (Å²) in [4.78, 5) is 29.9. The van der Waals surface area contributed by atoms with Crippen LogP contribution in [0.15, 0.2) is 29.6 Å². The highest BCUT2D eigenvalue weighted by Gasteiger charge is 2.26. The van der Waals surface area contributed by atoms with Gasteiger partial charge in [0.15, 0.2) is 5.13 Å². The third-order valence-electron chi connectivity index (χ3n) is 3.45. The second-order valence-corrected chi connectivity index (χ2v) is 5.85. The van der Waals surface area contributed by atoms with Gasteiger partial charge in [0.05, 0.1) is 5.69 Å². The van der Waals surface area contributed by atoms with Crippen molar-refractivity contribution in [2.75, 3.05) is 11.9 Å². The van der Waals surface area contributed by atoms with Crippen molar-refractivity contribution in [3.05, 3.63) is 46.5 Å². The Morgan fingerprint density at radius 3 is 2.76 bits per heavy atom. The van der Waals surface area contributed by atoms with Crippen molar-refractivity contribution >= 4 is 28.3 Å². The fraction of sp³-hybridized carbons (Fsp3) is 0.267. The van der Waals surface area contributed by atoms with Gasteiger partial charge in [-0.05, 0) is 24.5 Å². The van der Waals surface area contributed by atoms with Crippen LogP contribution in [0.2, 0.25) is 0 Å². The highest BCUT2D eigenvalue weighted by atomic mass is 32.1. The molecular formula is C15H15N3O2S. The zero-order valence-electron chi connectivity index (χ0n) is 11.6. The Morgan fingerprint density at radius 2 is 2.05 bits per heavy atom. The van der Waals surface area contributed by atoms with Crippen LogP contribution in [-0.2, 0) is 22.6 Å². The molecule has 6 heteroatoms. The highest BCUT2D eigenvalue weighted by Crippen LogP contribution is 2.19. The normalized spacial score (nSPS) is 13.7. The van der Waals surface area contributed by atoms with Crippen LogP contribution in [0, 0.1) is 6.92 Å². The second-order valence-electron chi connectivity index (χ2n) is 4.99. The minimum absolute atomic E-state index is 0.461. The average Bonchev–Trinajstić information content (AvgIpc) is 2.91. The summed E-state index contributed by atoms with van der Waals surface area (Å²) in [7, 11) is 0. The molecule has 2 heterocycles. The summed E-state index contributed by atoms with van der Waals surface area (Å²) in [6, 6.07) is 8.01. The number of nitrogens with one attached hydrogen (secondary N) is 1. The molecule has 3 rings (SSSR count). The largest absolute Gasteiger partial charge is 0.330 e. The first-order valence-corrected chi connectivity index (χ1v) is 7.60. The number of hydrogen-bond acceptors (Lipinski definition) is 4. The van der Waals surface area contributed by atoms with Gasteiger partial charge in [-0.3, -0.25) is 14.9 Å². The number of thiazole rings is 1. The van der Waals surface area contributed by atoms with Crippen LogP contribution in [-0.4, -0.2) is 28.2 Å². The van der Waals surface area contributed by atoms with Crippen molar-refractivity contribution < 1.29 is 9.59 Å². The van der Waals surface area contributed by atoms with Gasteiger partial charge in [0.1, 0.15) is 0 Å². The number of carbonyl (C=O) groups is 2. The van der Waals surface area contributed by atoms with Crippen molar-refractivity contribution in [3.63, 3.8) is 0 Å². The Hall–Kier alpha value is -2.21. The smallest absolute Gasteiger partial charge is 0.315 e. The van der Waals surface area contributed by atoms with Crippen molar-refractivity contribution in [1.82, 2.24) is 9.88 Å². The fourth-order valence-electron chi connectivity index (χ4n) is 2.37. The molecule has 0 unspecified atom stereocenters. The molecule has 1 N–H and O–H groups in total. The first-order valence-electron chi connectivity index (χ1n) is 6.72. The summed E-state index contributed by atoms with van der Waals surface area (Å²) in [5.41, 5.74) is 3.18. The van der Waals surface area contributed by atoms with Gasteiger partial charge in [-0.15, -0.1) is 11.3 Å². The predicted octanol–water partition coefficient (Wildman–Crippen LogP) is 1.97. The highest BCUT2D eigenvalue weighted by molar-refractivity contribution is 7.14. The summed E-state index contributed by atoms with van der Waals surface area (Å²) in [6.45, 7) is 2.90. The number of hydrogen-bond donors (Lipinski definition) is 1. The number of anilines is 1. The molecule has 0 spiro atoms. The summed E-state index contributed by atoms with van der Waals surface area (Å²) < 4.78 is 0. The minimum Gasteiger partial charge on any atom is -0.330 e. The van der Waals surface area contributed by atoms with Crippen molar-refractivity contribution in [2.45, 2.75) is 19.9 Å². The fourth-order valence-corrected chi connectivity index (χ4v) is 3.06. The lowest BCUT2D eigenvalue weighted by molar-refractivity contribution is -0.143. The molecule has 0 aliphatic carbocycles. The van der Waals surface area contributed by atoms with Crippen LogP contribution >= 0.6 is 11.3 Å². The van der Waals surface area contributed by atoms with Crippen LogP contribution in [0.25, 0.3) is 0 Å². The monoisotopic (exact) mass is 301 g/mol. The standard InChI is InChI=1S/C15H15N3O2S/c1-10-9-21-15(16-10)17-13(19)14(20)18-7-6-11-4-2-3-5-12(11)8-18/h2-5,9H,6-8H2,1H3,(H,16,17,19). The topological polar surface area (TPSA) is 62.3 Å². The SMILES string of the molecule is Cc1csc(NC(=O)C(=O)N2CCc3ccccc3C2)n1. The van der Waals surface area contributed by atoms with E-state index in [1.54, 1.807) is 4.90 Å². The molecule has 0 saturated carbocycles. The number of amides is 2. The quantitative estimate of drug-likeness (QED) is 0.819. The first kappa shape index (κ1) is 13.8. The van der Waals surface area contributed by atoms with Crippen LogP contribution in [0.1, 0.15) is 16.8 Å². The van der Waals surface area contributed by atoms with Crippen LogP contribution < -0.4 is 5.32 Å². The maximum Gasteiger partial charge on any atom is 0.315 e. The summed E-state index contributed by atoms with van der Waals surface area (Å²) >= 11 is 1.32. The molecule has 108 valence electrons. The van der Waals surface area contributed by atoms with Gasteiger partial charge in [-0.2, -0.15) is 0 Å². The lowest BCUT2D eigenvalue weighted by atomic mass is 10.00. The number of fused-ring (bicyclic) bond motifs is 1. The first-order chi connectivity index (χ1) is 10.1. The molecule has 21 heavy (non-hydrogen) atoms. The maximum atomic E-state index is 12.2. The molecular weight excluding hydrogens is 286 g/mol. The van der Waals surface area contributed by atoms with E-state index in [1.165, 1.54) is 16.9 Å². The molecule has 1 aliphatic heterocycles. The predicted molar refractivity (Wildman–Crippen MR) is 81.0 cm³/mol. The summed E-state index contributed by atoms with van der Waals surface area (Å²) in [5.74, 6) is -1.12. The van der Waals surface area contributed by atoms with E-state index in [4.69, 9.17) is 0 Å². The van der Waals surface area contributed by atoms with Crippen molar-refractivity contribution in [3.8, 4) is 0 Å². The number of rotatable bonds is 1. The van der Waals surface area contributed by atoms with E-state index in [0.717, 1.165) is 17.7 Å². The number of carbonyl (C=O) groups excluding carboxylic acids is 2. The van der Waals surface area contributed by atoms with Crippen LogP contribution in [0.4, 0.5) is 5.13 Å². The molecule has 1 aromatic heterocycles. The minimum atomic E-state index is -0.622. The maximum absolute atomic E-state index is 12.2. The number of aromatic nitrogens is 1. The van der Waals surface area contributed by atoms with Gasteiger partial charge in [0, 0.05) is 18.5 Å². The van der Waals surface area contributed by atoms with Crippen molar-refractivity contribution in [1.29, 1.82) is 0 Å². The van der Waals surface area contributed by atoms with Crippen LogP contribution in [0.3, 0.4) is 0 Å². The molecule has 0 saturated heterocycles. The van der Waals surface area contributed by atoms with E-state index < -0.39 is 11.8 Å². The van der Waals surface area contributed by atoms with Gasteiger partial charge >= 0.3 is 11.8 Å². The van der Waals surface area contributed by atoms with Gasteiger partial charge in [0.2, 0.25) is 0 Å². The van der Waals surface area contributed by atoms with Crippen molar-refractivity contribution in [2.24, 2.45) is 0 Å². The Labute approximate surface area is 126 Å². The van der Waals surface area contributed by atoms with Gasteiger partial charge in [-0.1, -0.05) is 24.3 Å². The van der Waals surface area contributed by atoms with E-state index >= 15 is 0 Å². The zero-order chi connectivity index (χ0) is 14.8. The Morgan fingerprint density at radius 1 is 1.29 bits per heavy atom. The molecule has 2 aromatic rings.